The number of benzene rings is 1. The number of nitro benzene ring substituents is 1. The molecule has 0 aromatic heterocycles. The Bertz CT molecular complexity index is 772. The highest BCUT2D eigenvalue weighted by Crippen LogP contribution is 2.35. The summed E-state index contributed by atoms with van der Waals surface area (Å²) in [5.41, 5.74) is -0.364. The largest absolute Gasteiger partial charge is 0.493 e. The van der Waals surface area contributed by atoms with Crippen molar-refractivity contribution in [2.45, 2.75) is 18.9 Å². The Morgan fingerprint density at radius 3 is 2.29 bits per heavy atom. The lowest BCUT2D eigenvalue weighted by molar-refractivity contribution is -0.385. The van der Waals surface area contributed by atoms with Gasteiger partial charge in [-0.2, -0.15) is 0 Å². The number of rotatable bonds is 7. The highest BCUT2D eigenvalue weighted by atomic mass is 16.6. The summed E-state index contributed by atoms with van der Waals surface area (Å²) in [6, 6.07) is 2.86. The van der Waals surface area contributed by atoms with Crippen molar-refractivity contribution >= 4 is 17.5 Å². The van der Waals surface area contributed by atoms with Gasteiger partial charge in [-0.05, 0) is 12.8 Å². The summed E-state index contributed by atoms with van der Waals surface area (Å²) >= 11 is 0. The second kappa shape index (κ2) is 8.42. The predicted octanol–water partition coefficient (Wildman–Crippen LogP) is 0.648. The van der Waals surface area contributed by atoms with Gasteiger partial charge < -0.3 is 19.7 Å². The van der Waals surface area contributed by atoms with E-state index in [1.54, 1.807) is 4.90 Å². The van der Waals surface area contributed by atoms with Crippen molar-refractivity contribution in [3.05, 3.63) is 27.8 Å². The fraction of sp³-hybridized carbons (Fsp3) is 0.556. The maximum atomic E-state index is 12.9. The molecule has 10 nitrogen and oxygen atoms in total. The lowest BCUT2D eigenvalue weighted by Crippen LogP contribution is -2.51. The van der Waals surface area contributed by atoms with Gasteiger partial charge >= 0.3 is 0 Å². The van der Waals surface area contributed by atoms with E-state index in [1.807, 2.05) is 4.90 Å². The smallest absolute Gasteiger partial charge is 0.286 e. The average Bonchev–Trinajstić information content (AvgIpc) is 3.50. The molecule has 1 saturated heterocycles. The normalized spacial score (nSPS) is 17.1. The minimum Gasteiger partial charge on any atom is -0.493 e. The number of methoxy groups -OCH3 is 2. The highest BCUT2D eigenvalue weighted by Gasteiger charge is 2.31. The second-order valence-corrected chi connectivity index (χ2v) is 6.89. The van der Waals surface area contributed by atoms with Gasteiger partial charge in [0.15, 0.2) is 11.5 Å². The minimum atomic E-state index is -0.604. The van der Waals surface area contributed by atoms with Crippen LogP contribution in [0.4, 0.5) is 5.69 Å². The first-order chi connectivity index (χ1) is 13.4. The molecule has 0 radical (unpaired) electrons. The van der Waals surface area contributed by atoms with Crippen molar-refractivity contribution < 1.29 is 24.0 Å². The number of amides is 2. The molecule has 1 aliphatic carbocycles. The number of nitrogens with one attached hydrogen (secondary N) is 1. The van der Waals surface area contributed by atoms with Crippen LogP contribution in [0, 0.1) is 10.1 Å². The standard InChI is InChI=1S/C18H24N4O6/c1-27-15-9-13(14(22(25)26)10-16(15)28-2)18(24)21-7-5-20(6-8-21)11-17(23)19-12-3-4-12/h9-10,12H,3-8,11H2,1-2H3,(H,19,23). The van der Waals surface area contributed by atoms with E-state index in [9.17, 15) is 19.7 Å². The molecule has 3 rings (SSSR count). The van der Waals surface area contributed by atoms with Gasteiger partial charge in [0.05, 0.1) is 31.8 Å². The Labute approximate surface area is 162 Å². The first kappa shape index (κ1) is 19.9. The van der Waals surface area contributed by atoms with Crippen molar-refractivity contribution in [2.24, 2.45) is 0 Å². The van der Waals surface area contributed by atoms with Crippen LogP contribution in [0.5, 0.6) is 11.5 Å². The van der Waals surface area contributed by atoms with Gasteiger partial charge in [0.2, 0.25) is 5.91 Å². The monoisotopic (exact) mass is 392 g/mol. The Balaban J connectivity index is 1.67. The molecule has 2 fully saturated rings. The molecule has 0 spiro atoms. The van der Waals surface area contributed by atoms with E-state index in [2.05, 4.69) is 5.32 Å². The molecular formula is C18H24N4O6. The summed E-state index contributed by atoms with van der Waals surface area (Å²) < 4.78 is 10.3. The van der Waals surface area contributed by atoms with Crippen molar-refractivity contribution in [1.82, 2.24) is 15.1 Å². The quantitative estimate of drug-likeness (QED) is 0.535. The van der Waals surface area contributed by atoms with Gasteiger partial charge in [0.25, 0.3) is 11.6 Å². The molecule has 0 bridgehead atoms. The molecule has 1 aliphatic heterocycles. The lowest BCUT2D eigenvalue weighted by atomic mass is 10.1. The summed E-state index contributed by atoms with van der Waals surface area (Å²) in [7, 11) is 2.78. The van der Waals surface area contributed by atoms with E-state index in [1.165, 1.54) is 26.4 Å². The van der Waals surface area contributed by atoms with Gasteiger partial charge in [0, 0.05) is 38.3 Å². The van der Waals surface area contributed by atoms with Gasteiger partial charge in [-0.1, -0.05) is 0 Å². The summed E-state index contributed by atoms with van der Waals surface area (Å²) in [5.74, 6) is 0.0108. The summed E-state index contributed by atoms with van der Waals surface area (Å²) in [6.07, 6.45) is 2.08. The van der Waals surface area contributed by atoms with Gasteiger partial charge in [-0.25, -0.2) is 0 Å². The average molecular weight is 392 g/mol. The van der Waals surface area contributed by atoms with Crippen LogP contribution in [0.15, 0.2) is 12.1 Å². The van der Waals surface area contributed by atoms with E-state index < -0.39 is 10.8 Å². The van der Waals surface area contributed by atoms with Crippen LogP contribution in [-0.4, -0.2) is 79.5 Å². The van der Waals surface area contributed by atoms with Gasteiger partial charge in [-0.3, -0.25) is 24.6 Å². The van der Waals surface area contributed by atoms with Crippen LogP contribution in [0.25, 0.3) is 0 Å². The van der Waals surface area contributed by atoms with E-state index in [0.717, 1.165) is 12.8 Å². The first-order valence-corrected chi connectivity index (χ1v) is 9.14. The van der Waals surface area contributed by atoms with Crippen molar-refractivity contribution in [3.8, 4) is 11.5 Å². The molecular weight excluding hydrogens is 368 g/mol. The molecule has 1 N–H and O–H groups in total. The number of piperazine rings is 1. The fourth-order valence-corrected chi connectivity index (χ4v) is 3.17. The molecule has 0 unspecified atom stereocenters. The Morgan fingerprint density at radius 1 is 1.14 bits per heavy atom. The topological polar surface area (TPSA) is 114 Å². The summed E-state index contributed by atoms with van der Waals surface area (Å²) in [4.78, 5) is 39.2. The van der Waals surface area contributed by atoms with Crippen LogP contribution in [0.3, 0.4) is 0 Å². The number of hydrogen-bond donors (Lipinski definition) is 1. The van der Waals surface area contributed by atoms with E-state index >= 15 is 0 Å². The molecule has 2 aliphatic rings. The summed E-state index contributed by atoms with van der Waals surface area (Å²) in [6.45, 7) is 2.15. The van der Waals surface area contributed by atoms with Crippen LogP contribution < -0.4 is 14.8 Å². The molecule has 1 aromatic carbocycles. The van der Waals surface area contributed by atoms with Crippen molar-refractivity contribution in [3.63, 3.8) is 0 Å². The first-order valence-electron chi connectivity index (χ1n) is 9.14. The number of nitrogens with zero attached hydrogens (tertiary/aromatic N) is 3. The molecule has 1 aromatic rings. The zero-order chi connectivity index (χ0) is 20.3. The van der Waals surface area contributed by atoms with E-state index in [0.29, 0.717) is 38.8 Å². The van der Waals surface area contributed by atoms with E-state index in [4.69, 9.17) is 9.47 Å². The lowest BCUT2D eigenvalue weighted by Gasteiger charge is -2.34. The maximum absolute atomic E-state index is 12.9. The minimum absolute atomic E-state index is 0.00203. The number of ether oxygens (including phenoxy) is 2. The number of carbonyl (C=O) groups excluding carboxylic acids is 2. The highest BCUT2D eigenvalue weighted by molar-refractivity contribution is 5.99. The maximum Gasteiger partial charge on any atom is 0.286 e. The zero-order valence-electron chi connectivity index (χ0n) is 16.0. The van der Waals surface area contributed by atoms with Crippen LogP contribution in [-0.2, 0) is 4.79 Å². The van der Waals surface area contributed by atoms with Crippen LogP contribution in [0.1, 0.15) is 23.2 Å². The van der Waals surface area contributed by atoms with Crippen LogP contribution >= 0.6 is 0 Å². The number of nitro groups is 1. The molecule has 1 heterocycles. The van der Waals surface area contributed by atoms with Gasteiger partial charge in [-0.15, -0.1) is 0 Å². The third-order valence-electron chi connectivity index (χ3n) is 4.90. The number of carbonyl (C=O) groups is 2. The van der Waals surface area contributed by atoms with Crippen molar-refractivity contribution in [2.75, 3.05) is 46.9 Å². The van der Waals surface area contributed by atoms with Gasteiger partial charge in [0.1, 0.15) is 5.56 Å². The fourth-order valence-electron chi connectivity index (χ4n) is 3.17. The van der Waals surface area contributed by atoms with Crippen molar-refractivity contribution in [1.29, 1.82) is 0 Å². The Morgan fingerprint density at radius 2 is 1.75 bits per heavy atom. The molecule has 28 heavy (non-hydrogen) atoms. The summed E-state index contributed by atoms with van der Waals surface area (Å²) in [5, 5.41) is 14.4. The predicted molar refractivity (Wildman–Crippen MR) is 99.7 cm³/mol. The third kappa shape index (κ3) is 4.50. The Hall–Kier alpha value is -2.88. The SMILES string of the molecule is COc1cc(C(=O)N2CCN(CC(=O)NC3CC3)CC2)c([N+](=O)[O-])cc1OC. The number of hydrogen-bond acceptors (Lipinski definition) is 7. The third-order valence-corrected chi connectivity index (χ3v) is 4.90. The molecule has 1 saturated carbocycles. The Kier molecular flexibility index (Phi) is 5.98. The molecule has 0 atom stereocenters. The van der Waals surface area contributed by atoms with E-state index in [-0.39, 0.29) is 28.7 Å². The van der Waals surface area contributed by atoms with Crippen LogP contribution in [0.2, 0.25) is 0 Å². The molecule has 10 heteroatoms. The second-order valence-electron chi connectivity index (χ2n) is 6.89. The molecule has 152 valence electrons. The molecule has 2 amide bonds. The zero-order valence-corrected chi connectivity index (χ0v) is 16.0.